The molecule has 1 saturated carbocycles. The molecule has 0 bridgehead atoms. The van der Waals surface area contributed by atoms with Crippen LogP contribution < -0.4 is 15.8 Å². The first kappa shape index (κ1) is 15.8. The van der Waals surface area contributed by atoms with Crippen molar-refractivity contribution in [2.24, 2.45) is 17.1 Å². The fourth-order valence-corrected chi connectivity index (χ4v) is 2.68. The Balaban J connectivity index is 2.02. The number of carbonyl (C=O) groups excluding carboxylic acids is 1. The van der Waals surface area contributed by atoms with Crippen molar-refractivity contribution in [3.8, 4) is 5.75 Å². The largest absolute Gasteiger partial charge is 0.493 e. The number of hydrogen-bond acceptors (Lipinski definition) is 3. The summed E-state index contributed by atoms with van der Waals surface area (Å²) < 4.78 is 5.69. The Morgan fingerprint density at radius 1 is 1.52 bits per heavy atom. The van der Waals surface area contributed by atoms with Gasteiger partial charge < -0.3 is 15.8 Å². The minimum atomic E-state index is -0.463. The zero-order valence-electron chi connectivity index (χ0n) is 13.2. The summed E-state index contributed by atoms with van der Waals surface area (Å²) in [6.07, 6.45) is 2.79. The van der Waals surface area contributed by atoms with Crippen LogP contribution in [-0.4, -0.2) is 18.6 Å². The number of carbonyl (C=O) groups is 1. The van der Waals surface area contributed by atoms with Gasteiger partial charge in [0.15, 0.2) is 0 Å². The molecule has 0 heterocycles. The Morgan fingerprint density at radius 2 is 2.29 bits per heavy atom. The topological polar surface area (TPSA) is 64.3 Å². The molecule has 116 valence electrons. The van der Waals surface area contributed by atoms with Gasteiger partial charge in [-0.05, 0) is 37.8 Å². The van der Waals surface area contributed by atoms with Gasteiger partial charge in [-0.1, -0.05) is 26.3 Å². The van der Waals surface area contributed by atoms with Gasteiger partial charge in [-0.2, -0.15) is 0 Å². The Hall–Kier alpha value is -1.55. The molecule has 4 heteroatoms. The van der Waals surface area contributed by atoms with Gasteiger partial charge in [0.1, 0.15) is 5.75 Å². The lowest BCUT2D eigenvalue weighted by molar-refractivity contribution is -0.125. The Bertz CT molecular complexity index is 501. The third-order valence-electron chi connectivity index (χ3n) is 4.22. The van der Waals surface area contributed by atoms with Crippen molar-refractivity contribution >= 4 is 11.6 Å². The normalized spacial score (nSPS) is 25.1. The molecule has 1 fully saturated rings. The van der Waals surface area contributed by atoms with Crippen LogP contribution in [0.2, 0.25) is 0 Å². The molecule has 1 amide bonds. The lowest BCUT2D eigenvalue weighted by Crippen LogP contribution is -2.44. The fourth-order valence-electron chi connectivity index (χ4n) is 2.68. The average Bonchev–Trinajstić information content (AvgIpc) is 2.78. The third kappa shape index (κ3) is 3.76. The van der Waals surface area contributed by atoms with Crippen LogP contribution in [0.1, 0.15) is 40.0 Å². The molecule has 1 aromatic carbocycles. The molecule has 3 N–H and O–H groups in total. The monoisotopic (exact) mass is 290 g/mol. The number of rotatable bonds is 5. The number of nitrogens with two attached hydrogens (primary N) is 1. The van der Waals surface area contributed by atoms with Gasteiger partial charge in [0, 0.05) is 17.8 Å². The highest BCUT2D eigenvalue weighted by Crippen LogP contribution is 2.37. The van der Waals surface area contributed by atoms with Gasteiger partial charge in [-0.25, -0.2) is 0 Å². The van der Waals surface area contributed by atoms with Crippen molar-refractivity contribution in [2.75, 3.05) is 11.9 Å². The summed E-state index contributed by atoms with van der Waals surface area (Å²) in [5, 5.41) is 2.98. The van der Waals surface area contributed by atoms with Crippen LogP contribution in [0.15, 0.2) is 24.3 Å². The second-order valence-corrected chi connectivity index (χ2v) is 6.60. The van der Waals surface area contributed by atoms with E-state index >= 15 is 0 Å². The van der Waals surface area contributed by atoms with Crippen molar-refractivity contribution < 1.29 is 9.53 Å². The number of ether oxygens (including phenoxy) is 1. The van der Waals surface area contributed by atoms with Crippen molar-refractivity contribution in [2.45, 2.75) is 46.1 Å². The van der Waals surface area contributed by atoms with E-state index in [0.29, 0.717) is 12.5 Å². The molecule has 0 spiro atoms. The van der Waals surface area contributed by atoms with Crippen LogP contribution in [-0.2, 0) is 4.79 Å². The SMILES string of the molecule is CC(C)COc1cccc(NC(=O)C2(C)CCCC2N)c1. The molecule has 0 aromatic heterocycles. The molecule has 1 aliphatic rings. The van der Waals surface area contributed by atoms with E-state index in [-0.39, 0.29) is 11.9 Å². The maximum atomic E-state index is 12.5. The van der Waals surface area contributed by atoms with Crippen LogP contribution in [0.4, 0.5) is 5.69 Å². The van der Waals surface area contributed by atoms with Crippen molar-refractivity contribution in [3.05, 3.63) is 24.3 Å². The smallest absolute Gasteiger partial charge is 0.231 e. The van der Waals surface area contributed by atoms with Gasteiger partial charge in [0.2, 0.25) is 5.91 Å². The molecule has 0 aliphatic heterocycles. The lowest BCUT2D eigenvalue weighted by Gasteiger charge is -2.27. The van der Waals surface area contributed by atoms with E-state index < -0.39 is 5.41 Å². The Labute approximate surface area is 127 Å². The van der Waals surface area contributed by atoms with Crippen molar-refractivity contribution in [1.29, 1.82) is 0 Å². The summed E-state index contributed by atoms with van der Waals surface area (Å²) in [4.78, 5) is 12.5. The van der Waals surface area contributed by atoms with Gasteiger partial charge in [-0.15, -0.1) is 0 Å². The third-order valence-corrected chi connectivity index (χ3v) is 4.22. The minimum absolute atomic E-state index is 0.00788. The number of anilines is 1. The van der Waals surface area contributed by atoms with Crippen LogP contribution in [0.3, 0.4) is 0 Å². The molecule has 1 aromatic rings. The zero-order chi connectivity index (χ0) is 15.5. The fraction of sp³-hybridized carbons (Fsp3) is 0.588. The molecule has 21 heavy (non-hydrogen) atoms. The van der Waals surface area contributed by atoms with Crippen LogP contribution in [0.5, 0.6) is 5.75 Å². The zero-order valence-corrected chi connectivity index (χ0v) is 13.2. The molecular weight excluding hydrogens is 264 g/mol. The second kappa shape index (κ2) is 6.48. The maximum Gasteiger partial charge on any atom is 0.231 e. The predicted octanol–water partition coefficient (Wildman–Crippen LogP) is 3.18. The summed E-state index contributed by atoms with van der Waals surface area (Å²) in [6.45, 7) is 6.83. The van der Waals surface area contributed by atoms with Crippen LogP contribution in [0, 0.1) is 11.3 Å². The highest BCUT2D eigenvalue weighted by atomic mass is 16.5. The lowest BCUT2D eigenvalue weighted by atomic mass is 9.84. The summed E-state index contributed by atoms with van der Waals surface area (Å²) >= 11 is 0. The number of hydrogen-bond donors (Lipinski definition) is 2. The Morgan fingerprint density at radius 3 is 2.90 bits per heavy atom. The van der Waals surface area contributed by atoms with Gasteiger partial charge in [0.25, 0.3) is 0 Å². The molecule has 2 rings (SSSR count). The minimum Gasteiger partial charge on any atom is -0.493 e. The molecule has 2 unspecified atom stereocenters. The molecule has 0 radical (unpaired) electrons. The van der Waals surface area contributed by atoms with Gasteiger partial charge in [0.05, 0.1) is 12.0 Å². The molecule has 1 aliphatic carbocycles. The van der Waals surface area contributed by atoms with E-state index in [9.17, 15) is 4.79 Å². The van der Waals surface area contributed by atoms with Crippen LogP contribution >= 0.6 is 0 Å². The summed E-state index contributed by atoms with van der Waals surface area (Å²) in [6, 6.07) is 7.48. The second-order valence-electron chi connectivity index (χ2n) is 6.60. The van der Waals surface area contributed by atoms with Gasteiger partial charge >= 0.3 is 0 Å². The quantitative estimate of drug-likeness (QED) is 0.875. The van der Waals surface area contributed by atoms with E-state index in [1.807, 2.05) is 31.2 Å². The van der Waals surface area contributed by atoms with E-state index in [1.54, 1.807) is 0 Å². The number of amides is 1. The van der Waals surface area contributed by atoms with E-state index in [0.717, 1.165) is 30.7 Å². The number of benzene rings is 1. The summed E-state index contributed by atoms with van der Waals surface area (Å²) in [5.74, 6) is 1.26. The highest BCUT2D eigenvalue weighted by molar-refractivity contribution is 5.96. The van der Waals surface area contributed by atoms with Gasteiger partial charge in [-0.3, -0.25) is 4.79 Å². The first-order chi connectivity index (χ1) is 9.91. The maximum absolute atomic E-state index is 12.5. The molecular formula is C17H26N2O2. The average molecular weight is 290 g/mol. The van der Waals surface area contributed by atoms with E-state index in [2.05, 4.69) is 19.2 Å². The summed E-state index contributed by atoms with van der Waals surface area (Å²) in [7, 11) is 0. The highest BCUT2D eigenvalue weighted by Gasteiger charge is 2.42. The Kier molecular flexibility index (Phi) is 4.88. The van der Waals surface area contributed by atoms with Crippen molar-refractivity contribution in [1.82, 2.24) is 0 Å². The summed E-state index contributed by atoms with van der Waals surface area (Å²) in [5.41, 5.74) is 6.40. The van der Waals surface area contributed by atoms with E-state index in [4.69, 9.17) is 10.5 Å². The first-order valence-corrected chi connectivity index (χ1v) is 7.72. The van der Waals surface area contributed by atoms with Crippen molar-refractivity contribution in [3.63, 3.8) is 0 Å². The number of nitrogens with one attached hydrogen (secondary N) is 1. The van der Waals surface area contributed by atoms with Crippen LogP contribution in [0.25, 0.3) is 0 Å². The first-order valence-electron chi connectivity index (χ1n) is 7.72. The molecule has 0 saturated heterocycles. The standard InChI is InChI=1S/C17H26N2O2/c1-12(2)11-21-14-7-4-6-13(10-14)19-16(20)17(3)9-5-8-15(17)18/h4,6-7,10,12,15H,5,8-9,11,18H2,1-3H3,(H,19,20). The predicted molar refractivity (Wildman–Crippen MR) is 85.3 cm³/mol. The van der Waals surface area contributed by atoms with E-state index in [1.165, 1.54) is 0 Å². The molecule has 4 nitrogen and oxygen atoms in total. The molecule has 2 atom stereocenters.